The molecular formula is C18H30N2O4S. The molecule has 0 saturated carbocycles. The summed E-state index contributed by atoms with van der Waals surface area (Å²) in [4.78, 5) is 12.3. The van der Waals surface area contributed by atoms with Gasteiger partial charge in [-0.15, -0.1) is 0 Å². The van der Waals surface area contributed by atoms with Crippen molar-refractivity contribution in [3.8, 4) is 0 Å². The second kappa shape index (κ2) is 9.89. The van der Waals surface area contributed by atoms with E-state index >= 15 is 0 Å². The summed E-state index contributed by atoms with van der Waals surface area (Å²) in [6, 6.07) is 5.96. The predicted octanol–water partition coefficient (Wildman–Crippen LogP) is 2.51. The quantitative estimate of drug-likeness (QED) is 0.642. The van der Waals surface area contributed by atoms with Gasteiger partial charge in [0.25, 0.3) is 5.91 Å². The summed E-state index contributed by atoms with van der Waals surface area (Å²) in [5.74, 6) is 0.205. The molecule has 0 aliphatic rings. The zero-order valence-corrected chi connectivity index (χ0v) is 16.6. The van der Waals surface area contributed by atoms with Crippen molar-refractivity contribution in [1.29, 1.82) is 0 Å². The number of benzene rings is 1. The van der Waals surface area contributed by atoms with Gasteiger partial charge < -0.3 is 10.1 Å². The summed E-state index contributed by atoms with van der Waals surface area (Å²) in [7, 11) is -2.07. The molecule has 0 aromatic heterocycles. The SMILES string of the molecule is CC(C)COCCCNC(=O)c1cccc(S(=O)(=O)N(C)C(C)C)c1. The fraction of sp³-hybridized carbons (Fsp3) is 0.611. The Morgan fingerprint density at radius 2 is 1.92 bits per heavy atom. The molecule has 0 radical (unpaired) electrons. The zero-order chi connectivity index (χ0) is 19.0. The number of nitrogens with zero attached hydrogens (tertiary/aromatic N) is 1. The van der Waals surface area contributed by atoms with Gasteiger partial charge in [-0.1, -0.05) is 19.9 Å². The number of sulfonamides is 1. The smallest absolute Gasteiger partial charge is 0.251 e. The van der Waals surface area contributed by atoms with Gasteiger partial charge in [0.05, 0.1) is 4.90 Å². The molecule has 0 unspecified atom stereocenters. The first-order valence-electron chi connectivity index (χ1n) is 8.60. The highest BCUT2D eigenvalue weighted by Crippen LogP contribution is 2.17. The van der Waals surface area contributed by atoms with E-state index < -0.39 is 10.0 Å². The molecule has 7 heteroatoms. The van der Waals surface area contributed by atoms with Gasteiger partial charge in [0.15, 0.2) is 0 Å². The van der Waals surface area contributed by atoms with Crippen molar-refractivity contribution in [1.82, 2.24) is 9.62 Å². The van der Waals surface area contributed by atoms with Gasteiger partial charge in [0, 0.05) is 38.4 Å². The van der Waals surface area contributed by atoms with Crippen molar-refractivity contribution in [3.05, 3.63) is 29.8 Å². The molecule has 142 valence electrons. The van der Waals surface area contributed by atoms with Crippen LogP contribution in [-0.4, -0.2) is 51.5 Å². The molecule has 0 spiro atoms. The molecule has 0 atom stereocenters. The average Bonchev–Trinajstić information content (AvgIpc) is 2.56. The lowest BCUT2D eigenvalue weighted by molar-refractivity contribution is 0.0925. The van der Waals surface area contributed by atoms with Crippen molar-refractivity contribution in [3.63, 3.8) is 0 Å². The van der Waals surface area contributed by atoms with E-state index in [1.807, 2.05) is 0 Å². The minimum absolute atomic E-state index is 0.122. The lowest BCUT2D eigenvalue weighted by Gasteiger charge is -2.21. The fourth-order valence-corrected chi connectivity index (χ4v) is 3.45. The van der Waals surface area contributed by atoms with E-state index in [1.54, 1.807) is 26.0 Å². The number of nitrogens with one attached hydrogen (secondary N) is 1. The number of carbonyl (C=O) groups is 1. The summed E-state index contributed by atoms with van der Waals surface area (Å²) in [6.07, 6.45) is 0.715. The zero-order valence-electron chi connectivity index (χ0n) is 15.8. The first-order chi connectivity index (χ1) is 11.7. The Bertz CT molecular complexity index is 657. The van der Waals surface area contributed by atoms with Crippen LogP contribution < -0.4 is 5.32 Å². The maximum Gasteiger partial charge on any atom is 0.251 e. The number of ether oxygens (including phenoxy) is 1. The molecule has 0 aliphatic heterocycles. The van der Waals surface area contributed by atoms with Gasteiger partial charge in [-0.05, 0) is 44.4 Å². The summed E-state index contributed by atoms with van der Waals surface area (Å²) in [5, 5.41) is 2.79. The van der Waals surface area contributed by atoms with Crippen molar-refractivity contribution in [2.45, 2.75) is 45.1 Å². The lowest BCUT2D eigenvalue weighted by Crippen LogP contribution is -2.33. The van der Waals surface area contributed by atoms with E-state index in [-0.39, 0.29) is 16.8 Å². The highest BCUT2D eigenvalue weighted by atomic mass is 32.2. The number of amides is 1. The molecule has 0 aliphatic carbocycles. The Balaban J connectivity index is 2.64. The molecular weight excluding hydrogens is 340 g/mol. The molecule has 1 amide bonds. The van der Waals surface area contributed by atoms with Crippen LogP contribution in [0.25, 0.3) is 0 Å². The molecule has 1 rings (SSSR count). The van der Waals surface area contributed by atoms with Crippen LogP contribution in [0.15, 0.2) is 29.2 Å². The van der Waals surface area contributed by atoms with Crippen LogP contribution in [0.5, 0.6) is 0 Å². The molecule has 0 bridgehead atoms. The first kappa shape index (κ1) is 21.6. The van der Waals surface area contributed by atoms with E-state index in [4.69, 9.17) is 4.74 Å². The Morgan fingerprint density at radius 3 is 2.52 bits per heavy atom. The van der Waals surface area contributed by atoms with Gasteiger partial charge in [-0.3, -0.25) is 4.79 Å². The third-order valence-electron chi connectivity index (χ3n) is 3.70. The van der Waals surface area contributed by atoms with Gasteiger partial charge in [-0.2, -0.15) is 4.31 Å². The summed E-state index contributed by atoms with van der Waals surface area (Å²) < 4.78 is 31.8. The van der Waals surface area contributed by atoms with Crippen LogP contribution >= 0.6 is 0 Å². The minimum atomic E-state index is -3.60. The first-order valence-corrected chi connectivity index (χ1v) is 10.0. The van der Waals surface area contributed by atoms with Crippen LogP contribution in [0, 0.1) is 5.92 Å². The summed E-state index contributed by atoms with van der Waals surface area (Å²) in [5.41, 5.74) is 0.335. The van der Waals surface area contributed by atoms with E-state index in [9.17, 15) is 13.2 Å². The Hall–Kier alpha value is -1.44. The van der Waals surface area contributed by atoms with Crippen LogP contribution in [0.1, 0.15) is 44.5 Å². The molecule has 1 N–H and O–H groups in total. The van der Waals surface area contributed by atoms with Crippen LogP contribution in [-0.2, 0) is 14.8 Å². The monoisotopic (exact) mass is 370 g/mol. The van der Waals surface area contributed by atoms with Gasteiger partial charge in [0.2, 0.25) is 10.0 Å². The molecule has 25 heavy (non-hydrogen) atoms. The predicted molar refractivity (Wildman–Crippen MR) is 99.1 cm³/mol. The highest BCUT2D eigenvalue weighted by Gasteiger charge is 2.23. The largest absolute Gasteiger partial charge is 0.381 e. The highest BCUT2D eigenvalue weighted by molar-refractivity contribution is 7.89. The van der Waals surface area contributed by atoms with Crippen molar-refractivity contribution >= 4 is 15.9 Å². The minimum Gasteiger partial charge on any atom is -0.381 e. The van der Waals surface area contributed by atoms with Crippen molar-refractivity contribution in [2.75, 3.05) is 26.8 Å². The van der Waals surface area contributed by atoms with E-state index in [0.29, 0.717) is 37.7 Å². The molecule has 0 heterocycles. The van der Waals surface area contributed by atoms with Gasteiger partial charge in [-0.25, -0.2) is 8.42 Å². The van der Waals surface area contributed by atoms with Crippen molar-refractivity contribution in [2.24, 2.45) is 5.92 Å². The number of carbonyl (C=O) groups excluding carboxylic acids is 1. The molecule has 6 nitrogen and oxygen atoms in total. The van der Waals surface area contributed by atoms with E-state index in [0.717, 1.165) is 0 Å². The Morgan fingerprint density at radius 1 is 1.24 bits per heavy atom. The van der Waals surface area contributed by atoms with Gasteiger partial charge in [0.1, 0.15) is 0 Å². The normalized spacial score (nSPS) is 12.2. The Kier molecular flexibility index (Phi) is 8.55. The number of hydrogen-bond acceptors (Lipinski definition) is 4. The van der Waals surface area contributed by atoms with Gasteiger partial charge >= 0.3 is 0 Å². The molecule has 1 aromatic carbocycles. The lowest BCUT2D eigenvalue weighted by atomic mass is 10.2. The number of hydrogen-bond donors (Lipinski definition) is 1. The Labute approximate surface area is 151 Å². The second-order valence-electron chi connectivity index (χ2n) is 6.72. The standard InChI is InChI=1S/C18H30N2O4S/c1-14(2)13-24-11-7-10-19-18(21)16-8-6-9-17(12-16)25(22,23)20(5)15(3)4/h6,8-9,12,14-15H,7,10-11,13H2,1-5H3,(H,19,21). The maximum absolute atomic E-state index is 12.5. The van der Waals surface area contributed by atoms with Crippen molar-refractivity contribution < 1.29 is 17.9 Å². The van der Waals surface area contributed by atoms with Crippen LogP contribution in [0.3, 0.4) is 0 Å². The third-order valence-corrected chi connectivity index (χ3v) is 5.73. The number of rotatable bonds is 10. The summed E-state index contributed by atoms with van der Waals surface area (Å²) in [6.45, 7) is 9.55. The second-order valence-corrected chi connectivity index (χ2v) is 8.72. The fourth-order valence-electron chi connectivity index (χ4n) is 2.04. The van der Waals surface area contributed by atoms with Crippen LogP contribution in [0.4, 0.5) is 0 Å². The molecule has 1 aromatic rings. The van der Waals surface area contributed by atoms with Crippen LogP contribution in [0.2, 0.25) is 0 Å². The average molecular weight is 371 g/mol. The molecule has 0 saturated heterocycles. The molecule has 0 fully saturated rings. The van der Waals surface area contributed by atoms with E-state index in [2.05, 4.69) is 19.2 Å². The topological polar surface area (TPSA) is 75.7 Å². The van der Waals surface area contributed by atoms with E-state index in [1.165, 1.54) is 23.5 Å². The third kappa shape index (κ3) is 6.76. The summed E-state index contributed by atoms with van der Waals surface area (Å²) >= 11 is 0. The maximum atomic E-state index is 12.5.